The van der Waals surface area contributed by atoms with Gasteiger partial charge in [0.25, 0.3) is 5.91 Å². The Morgan fingerprint density at radius 1 is 1.32 bits per heavy atom. The average Bonchev–Trinajstić information content (AvgIpc) is 3.21. The van der Waals surface area contributed by atoms with Gasteiger partial charge in [-0.15, -0.1) is 0 Å². The molecule has 0 aliphatic rings. The highest BCUT2D eigenvalue weighted by Gasteiger charge is 2.38. The number of aryl methyl sites for hydroxylation is 2. The number of aromatic nitrogens is 4. The van der Waals surface area contributed by atoms with Crippen LogP contribution in [0.15, 0.2) is 30.5 Å². The summed E-state index contributed by atoms with van der Waals surface area (Å²) in [5.74, 6) is -0.203. The van der Waals surface area contributed by atoms with Crippen molar-refractivity contribution in [1.29, 1.82) is 0 Å². The smallest absolute Gasteiger partial charge is 0.437 e. The first kappa shape index (κ1) is 19.7. The van der Waals surface area contributed by atoms with E-state index in [2.05, 4.69) is 20.6 Å². The lowest BCUT2D eigenvalue weighted by molar-refractivity contribution is -0.140. The molecule has 0 aliphatic heterocycles. The maximum atomic E-state index is 13.0. The van der Waals surface area contributed by atoms with Crippen LogP contribution >= 0.6 is 11.6 Å². The van der Waals surface area contributed by atoms with Crippen molar-refractivity contribution >= 4 is 23.2 Å². The highest BCUT2D eigenvalue weighted by atomic mass is 35.5. The first-order valence-electron chi connectivity index (χ1n) is 8.01. The summed E-state index contributed by atoms with van der Waals surface area (Å²) in [4.78, 5) is 12.3. The van der Waals surface area contributed by atoms with E-state index in [4.69, 9.17) is 16.3 Å². The number of hydrogen-bond acceptors (Lipinski definition) is 4. The van der Waals surface area contributed by atoms with E-state index in [0.717, 1.165) is 5.56 Å². The summed E-state index contributed by atoms with van der Waals surface area (Å²) in [6.07, 6.45) is -3.22. The largest absolute Gasteiger partial charge is 0.471 e. The minimum atomic E-state index is -4.70. The molecule has 0 spiro atoms. The number of nitrogens with zero attached hydrogens (tertiary/aromatic N) is 3. The topological polar surface area (TPSA) is 84.8 Å². The lowest BCUT2D eigenvalue weighted by Gasteiger charge is -2.09. The molecule has 2 heterocycles. The molecule has 1 amide bonds. The summed E-state index contributed by atoms with van der Waals surface area (Å²) in [5, 5.41) is 12.2. The van der Waals surface area contributed by atoms with Gasteiger partial charge in [-0.1, -0.05) is 11.6 Å². The molecule has 0 atom stereocenters. The van der Waals surface area contributed by atoms with Crippen LogP contribution in [0.1, 0.15) is 27.4 Å². The minimum absolute atomic E-state index is 0.00823. The van der Waals surface area contributed by atoms with Crippen molar-refractivity contribution in [3.8, 4) is 5.75 Å². The summed E-state index contributed by atoms with van der Waals surface area (Å²) in [6.45, 7) is 3.21. The van der Waals surface area contributed by atoms with Crippen LogP contribution in [-0.4, -0.2) is 25.9 Å². The SMILES string of the molecule is Cc1cc(Cl)ccc1OCn1ccc(C(=O)Nc2c(C(F)(F)F)n[nH]c2C)n1. The van der Waals surface area contributed by atoms with Gasteiger partial charge < -0.3 is 10.1 Å². The second-order valence-electron chi connectivity index (χ2n) is 5.95. The zero-order valence-corrected chi connectivity index (χ0v) is 15.5. The second kappa shape index (κ2) is 7.55. The monoisotopic (exact) mass is 413 g/mol. The predicted octanol–water partition coefficient (Wildman–Crippen LogP) is 4.18. The quantitative estimate of drug-likeness (QED) is 0.657. The number of hydrogen-bond donors (Lipinski definition) is 2. The Morgan fingerprint density at radius 3 is 2.75 bits per heavy atom. The van der Waals surface area contributed by atoms with Crippen molar-refractivity contribution in [2.75, 3.05) is 5.32 Å². The van der Waals surface area contributed by atoms with E-state index in [1.54, 1.807) is 18.2 Å². The van der Waals surface area contributed by atoms with Gasteiger partial charge in [0, 0.05) is 11.2 Å². The highest BCUT2D eigenvalue weighted by molar-refractivity contribution is 6.30. The number of ether oxygens (including phenoxy) is 1. The number of H-pyrrole nitrogens is 1. The fraction of sp³-hybridized carbons (Fsp3) is 0.235. The third kappa shape index (κ3) is 4.28. The molecule has 0 fully saturated rings. The van der Waals surface area contributed by atoms with Crippen molar-refractivity contribution in [2.24, 2.45) is 0 Å². The van der Waals surface area contributed by atoms with Gasteiger partial charge in [0.05, 0.1) is 11.4 Å². The zero-order chi connectivity index (χ0) is 20.5. The Hall–Kier alpha value is -3.01. The molecule has 2 aromatic heterocycles. The van der Waals surface area contributed by atoms with E-state index in [1.807, 2.05) is 6.92 Å². The summed E-state index contributed by atoms with van der Waals surface area (Å²) in [7, 11) is 0. The maximum absolute atomic E-state index is 13.0. The molecule has 0 unspecified atom stereocenters. The van der Waals surface area contributed by atoms with E-state index in [-0.39, 0.29) is 18.1 Å². The number of benzene rings is 1. The number of nitrogens with one attached hydrogen (secondary N) is 2. The molecule has 7 nitrogen and oxygen atoms in total. The Bertz CT molecular complexity index is 1010. The van der Waals surface area contributed by atoms with Crippen LogP contribution < -0.4 is 10.1 Å². The number of alkyl halides is 3. The third-order valence-corrected chi connectivity index (χ3v) is 4.05. The molecule has 0 bridgehead atoms. The molecule has 148 valence electrons. The van der Waals surface area contributed by atoms with Crippen LogP contribution in [0.4, 0.5) is 18.9 Å². The third-order valence-electron chi connectivity index (χ3n) is 3.82. The maximum Gasteiger partial charge on any atom is 0.437 e. The van der Waals surface area contributed by atoms with E-state index in [0.29, 0.717) is 10.8 Å². The number of anilines is 1. The Labute approximate surface area is 162 Å². The van der Waals surface area contributed by atoms with Crippen molar-refractivity contribution in [1.82, 2.24) is 20.0 Å². The van der Waals surface area contributed by atoms with Gasteiger partial charge >= 0.3 is 6.18 Å². The van der Waals surface area contributed by atoms with Crippen molar-refractivity contribution in [3.63, 3.8) is 0 Å². The Kier molecular flexibility index (Phi) is 5.32. The fourth-order valence-electron chi connectivity index (χ4n) is 2.43. The normalized spacial score (nSPS) is 11.5. The standard InChI is InChI=1S/C17H15ClF3N5O2/c1-9-7-11(18)3-4-13(9)28-8-26-6-5-12(25-26)16(27)22-14-10(2)23-24-15(14)17(19,20)21/h3-7H,8H2,1-2H3,(H,22,27)(H,23,24). The molecule has 1 aromatic carbocycles. The minimum Gasteiger partial charge on any atom is -0.471 e. The molecule has 28 heavy (non-hydrogen) atoms. The fourth-order valence-corrected chi connectivity index (χ4v) is 2.66. The first-order valence-corrected chi connectivity index (χ1v) is 8.39. The number of halogens is 4. The zero-order valence-electron chi connectivity index (χ0n) is 14.8. The molecule has 11 heteroatoms. The Balaban J connectivity index is 1.69. The van der Waals surface area contributed by atoms with E-state index in [1.165, 1.54) is 23.9 Å². The number of carbonyl (C=O) groups is 1. The van der Waals surface area contributed by atoms with Crippen LogP contribution in [0.25, 0.3) is 0 Å². The molecule has 0 aliphatic carbocycles. The molecular weight excluding hydrogens is 399 g/mol. The van der Waals surface area contributed by atoms with Crippen LogP contribution in [0.5, 0.6) is 5.75 Å². The summed E-state index contributed by atoms with van der Waals surface area (Å²) >= 11 is 5.89. The predicted molar refractivity (Wildman–Crippen MR) is 95.3 cm³/mol. The van der Waals surface area contributed by atoms with E-state index in [9.17, 15) is 18.0 Å². The molecule has 0 saturated heterocycles. The molecule has 0 radical (unpaired) electrons. The van der Waals surface area contributed by atoms with Crippen LogP contribution in [0.3, 0.4) is 0 Å². The van der Waals surface area contributed by atoms with Crippen molar-refractivity contribution in [3.05, 3.63) is 58.1 Å². The van der Waals surface area contributed by atoms with Gasteiger partial charge in [0.1, 0.15) is 5.75 Å². The molecule has 2 N–H and O–H groups in total. The number of aromatic amines is 1. The van der Waals surface area contributed by atoms with Gasteiger partial charge in [-0.25, -0.2) is 4.68 Å². The van der Waals surface area contributed by atoms with Crippen LogP contribution in [0.2, 0.25) is 5.02 Å². The molecular formula is C17H15ClF3N5O2. The summed E-state index contributed by atoms with van der Waals surface area (Å²) in [5.41, 5.74) is -0.779. The summed E-state index contributed by atoms with van der Waals surface area (Å²) in [6, 6.07) is 6.49. The van der Waals surface area contributed by atoms with Gasteiger partial charge in [0.15, 0.2) is 18.1 Å². The molecule has 3 aromatic rings. The number of carbonyl (C=O) groups excluding carboxylic acids is 1. The number of amides is 1. The van der Waals surface area contributed by atoms with Crippen LogP contribution in [0, 0.1) is 13.8 Å². The lowest BCUT2D eigenvalue weighted by atomic mass is 10.2. The van der Waals surface area contributed by atoms with Gasteiger partial charge in [-0.05, 0) is 43.7 Å². The molecule has 0 saturated carbocycles. The average molecular weight is 414 g/mol. The highest BCUT2D eigenvalue weighted by Crippen LogP contribution is 2.34. The van der Waals surface area contributed by atoms with Crippen molar-refractivity contribution < 1.29 is 22.7 Å². The Morgan fingerprint density at radius 2 is 2.07 bits per heavy atom. The van der Waals surface area contributed by atoms with Gasteiger partial charge in [-0.3, -0.25) is 9.89 Å². The van der Waals surface area contributed by atoms with E-state index >= 15 is 0 Å². The summed E-state index contributed by atoms with van der Waals surface area (Å²) < 4.78 is 45.8. The first-order chi connectivity index (χ1) is 13.1. The second-order valence-corrected chi connectivity index (χ2v) is 6.38. The van der Waals surface area contributed by atoms with Crippen LogP contribution in [-0.2, 0) is 12.9 Å². The van der Waals surface area contributed by atoms with Crippen molar-refractivity contribution in [2.45, 2.75) is 26.8 Å². The number of rotatable bonds is 5. The van der Waals surface area contributed by atoms with Gasteiger partial charge in [0.2, 0.25) is 0 Å². The van der Waals surface area contributed by atoms with Gasteiger partial charge in [-0.2, -0.15) is 23.4 Å². The lowest BCUT2D eigenvalue weighted by Crippen LogP contribution is -2.17. The molecule has 3 rings (SSSR count). The van der Waals surface area contributed by atoms with E-state index < -0.39 is 23.5 Å².